The minimum Gasteiger partial charge on any atom is -0.503 e. The van der Waals surface area contributed by atoms with Gasteiger partial charge in [0.1, 0.15) is 6.04 Å². The van der Waals surface area contributed by atoms with Gasteiger partial charge in [-0.1, -0.05) is 35.3 Å². The number of carbonyl (C=O) groups excluding carboxylic acids is 2. The minimum atomic E-state index is -1.47. The van der Waals surface area contributed by atoms with E-state index in [0.717, 1.165) is 12.1 Å². The first-order valence-electron chi connectivity index (χ1n) is 10.7. The number of aromatic hydroxyl groups is 1. The fraction of sp³-hybridized carbons (Fsp3) is 0.208. The second kappa shape index (κ2) is 12.3. The molecule has 8 nitrogen and oxygen atoms in total. The summed E-state index contributed by atoms with van der Waals surface area (Å²) in [6, 6.07) is 6.36. The van der Waals surface area contributed by atoms with Crippen molar-refractivity contribution in [1.29, 1.82) is 0 Å². The summed E-state index contributed by atoms with van der Waals surface area (Å²) in [4.78, 5) is 36.8. The van der Waals surface area contributed by atoms with Crippen molar-refractivity contribution in [3.63, 3.8) is 0 Å². The fourth-order valence-corrected chi connectivity index (χ4v) is 4.72. The molecule has 1 aromatic heterocycles. The van der Waals surface area contributed by atoms with E-state index >= 15 is 0 Å². The number of hydrogen-bond donors (Lipinski definition) is 5. The summed E-state index contributed by atoms with van der Waals surface area (Å²) >= 11 is 13.6. The Labute approximate surface area is 223 Å². The van der Waals surface area contributed by atoms with Crippen LogP contribution in [0.4, 0.5) is 8.78 Å². The van der Waals surface area contributed by atoms with Crippen molar-refractivity contribution in [2.45, 2.75) is 25.0 Å². The van der Waals surface area contributed by atoms with Gasteiger partial charge in [-0.25, -0.2) is 13.6 Å². The fourth-order valence-electron chi connectivity index (χ4n) is 3.38. The van der Waals surface area contributed by atoms with E-state index in [-0.39, 0.29) is 34.0 Å². The molecule has 37 heavy (non-hydrogen) atoms. The van der Waals surface area contributed by atoms with Crippen LogP contribution in [0.15, 0.2) is 41.8 Å². The lowest BCUT2D eigenvalue weighted by Crippen LogP contribution is -2.48. The third-order valence-electron chi connectivity index (χ3n) is 5.31. The second-order valence-electron chi connectivity index (χ2n) is 7.84. The van der Waals surface area contributed by atoms with Crippen molar-refractivity contribution in [2.24, 2.45) is 0 Å². The second-order valence-corrected chi connectivity index (χ2v) is 9.60. The third-order valence-corrected chi connectivity index (χ3v) is 6.77. The molecule has 2 atom stereocenters. The van der Waals surface area contributed by atoms with E-state index < -0.39 is 53.9 Å². The number of thiophene rings is 1. The number of aliphatic carboxylic acids is 1. The van der Waals surface area contributed by atoms with Crippen LogP contribution in [0.5, 0.6) is 5.75 Å². The van der Waals surface area contributed by atoms with Crippen LogP contribution in [0.1, 0.15) is 43.7 Å². The predicted molar refractivity (Wildman–Crippen MR) is 133 cm³/mol. The van der Waals surface area contributed by atoms with Gasteiger partial charge >= 0.3 is 5.97 Å². The zero-order valence-electron chi connectivity index (χ0n) is 18.8. The molecule has 196 valence electrons. The lowest BCUT2D eigenvalue weighted by atomic mass is 9.99. The first-order valence-corrected chi connectivity index (χ1v) is 12.3. The van der Waals surface area contributed by atoms with E-state index in [1.165, 1.54) is 23.5 Å². The van der Waals surface area contributed by atoms with Gasteiger partial charge in [0.05, 0.1) is 26.6 Å². The highest BCUT2D eigenvalue weighted by Crippen LogP contribution is 2.31. The molecule has 0 aliphatic heterocycles. The standard InChI is InChI=1S/C24H20Cl2F2N2O6S/c25-13-8-11(3-6-17(31)12-4-5-15(27)21(32)20(12)28)9-14(26)19(13)23(34)30-16(24(35)36)10-29-22(33)18-2-1-7-37-18/h1-2,4-5,7-9,16-17,31-32H,3,6,10H2,(H,29,33)(H,30,34)(H,35,36)/t16-,17?/m0/s1. The number of halogens is 4. The summed E-state index contributed by atoms with van der Waals surface area (Å²) in [5.74, 6) is -6.39. The summed E-state index contributed by atoms with van der Waals surface area (Å²) in [6.45, 7) is -0.390. The molecule has 5 N–H and O–H groups in total. The van der Waals surface area contributed by atoms with Gasteiger partial charge in [0, 0.05) is 12.1 Å². The predicted octanol–water partition coefficient (Wildman–Crippen LogP) is 4.32. The van der Waals surface area contributed by atoms with Crippen LogP contribution in [-0.2, 0) is 11.2 Å². The van der Waals surface area contributed by atoms with Gasteiger partial charge in [-0.2, -0.15) is 0 Å². The molecule has 13 heteroatoms. The molecule has 0 aliphatic rings. The SMILES string of the molecule is O=C(NC[C@H](NC(=O)c1c(Cl)cc(CCC(O)c2ccc(F)c(O)c2F)cc1Cl)C(=O)O)c1cccs1. The Hall–Kier alpha value is -3.25. The van der Waals surface area contributed by atoms with Crippen LogP contribution in [0.2, 0.25) is 10.0 Å². The Kier molecular flexibility index (Phi) is 9.44. The maximum absolute atomic E-state index is 14.0. The lowest BCUT2D eigenvalue weighted by Gasteiger charge is -2.17. The number of aliphatic hydroxyl groups is 1. The normalized spacial score (nSPS) is 12.6. The number of carbonyl (C=O) groups is 3. The van der Waals surface area contributed by atoms with E-state index in [1.807, 2.05) is 0 Å². The number of phenolic OH excluding ortho intramolecular Hbond substituents is 1. The molecule has 0 aliphatic carbocycles. The van der Waals surface area contributed by atoms with Crippen LogP contribution in [-0.4, -0.2) is 45.7 Å². The average Bonchev–Trinajstić information content (AvgIpc) is 3.38. The Morgan fingerprint density at radius 3 is 2.32 bits per heavy atom. The molecule has 0 saturated carbocycles. The molecule has 1 heterocycles. The van der Waals surface area contributed by atoms with Crippen molar-refractivity contribution in [3.05, 3.63) is 85.0 Å². The number of rotatable bonds is 10. The van der Waals surface area contributed by atoms with Crippen molar-refractivity contribution >= 4 is 52.3 Å². The third kappa shape index (κ3) is 6.95. The summed E-state index contributed by atoms with van der Waals surface area (Å²) in [5.41, 5.74) is -0.0220. The highest BCUT2D eigenvalue weighted by Gasteiger charge is 2.25. The van der Waals surface area contributed by atoms with E-state index in [1.54, 1.807) is 17.5 Å². The highest BCUT2D eigenvalue weighted by molar-refractivity contribution is 7.12. The molecule has 0 saturated heterocycles. The molecular weight excluding hydrogens is 553 g/mol. The molecule has 3 aromatic rings. The molecule has 0 fully saturated rings. The number of carboxylic acid groups (broad SMARTS) is 1. The van der Waals surface area contributed by atoms with Gasteiger partial charge in [-0.3, -0.25) is 9.59 Å². The maximum atomic E-state index is 14.0. The molecule has 0 bridgehead atoms. The molecule has 0 radical (unpaired) electrons. The van der Waals surface area contributed by atoms with Crippen LogP contribution in [0.3, 0.4) is 0 Å². The number of aryl methyl sites for hydroxylation is 1. The number of benzene rings is 2. The van der Waals surface area contributed by atoms with Crippen LogP contribution < -0.4 is 10.6 Å². The Morgan fingerprint density at radius 2 is 1.73 bits per heavy atom. The smallest absolute Gasteiger partial charge is 0.328 e. The van der Waals surface area contributed by atoms with Crippen LogP contribution in [0, 0.1) is 11.6 Å². The number of carboxylic acids is 1. The molecular formula is C24H20Cl2F2N2O6S. The largest absolute Gasteiger partial charge is 0.503 e. The van der Waals surface area contributed by atoms with E-state index in [0.29, 0.717) is 10.4 Å². The zero-order valence-corrected chi connectivity index (χ0v) is 21.1. The molecule has 0 spiro atoms. The summed E-state index contributed by atoms with van der Waals surface area (Å²) in [7, 11) is 0. The first-order chi connectivity index (χ1) is 17.5. The molecule has 2 aromatic carbocycles. The molecule has 3 rings (SSSR count). The van der Waals surface area contributed by atoms with Crippen LogP contribution in [0.25, 0.3) is 0 Å². The number of phenols is 1. The van der Waals surface area contributed by atoms with E-state index in [4.69, 9.17) is 23.2 Å². The monoisotopic (exact) mass is 572 g/mol. The van der Waals surface area contributed by atoms with Crippen molar-refractivity contribution in [1.82, 2.24) is 10.6 Å². The number of aliphatic hydroxyl groups excluding tert-OH is 1. The number of hydrogen-bond acceptors (Lipinski definition) is 6. The molecule has 1 unspecified atom stereocenters. The van der Waals surface area contributed by atoms with Gasteiger partial charge in [-0.15, -0.1) is 11.3 Å². The summed E-state index contributed by atoms with van der Waals surface area (Å²) in [5, 5.41) is 35.3. The molecule has 2 amide bonds. The van der Waals surface area contributed by atoms with Crippen molar-refractivity contribution in [3.8, 4) is 5.75 Å². The Morgan fingerprint density at radius 1 is 1.05 bits per heavy atom. The van der Waals surface area contributed by atoms with Crippen molar-refractivity contribution < 1.29 is 38.5 Å². The topological polar surface area (TPSA) is 136 Å². The number of nitrogens with one attached hydrogen (secondary N) is 2. The van der Waals surface area contributed by atoms with Gasteiger partial charge in [0.25, 0.3) is 11.8 Å². The van der Waals surface area contributed by atoms with Gasteiger partial charge < -0.3 is 26.0 Å². The van der Waals surface area contributed by atoms with Gasteiger partial charge in [0.15, 0.2) is 17.4 Å². The Bertz CT molecular complexity index is 1300. The lowest BCUT2D eigenvalue weighted by molar-refractivity contribution is -0.139. The zero-order chi connectivity index (χ0) is 27.3. The van der Waals surface area contributed by atoms with Crippen LogP contribution >= 0.6 is 34.5 Å². The number of amides is 2. The van der Waals surface area contributed by atoms with E-state index in [9.17, 15) is 38.5 Å². The summed E-state index contributed by atoms with van der Waals surface area (Å²) in [6.07, 6.45) is -1.31. The minimum absolute atomic E-state index is 0.0504. The highest BCUT2D eigenvalue weighted by atomic mass is 35.5. The summed E-state index contributed by atoms with van der Waals surface area (Å²) < 4.78 is 27.3. The first kappa shape index (κ1) is 28.3. The van der Waals surface area contributed by atoms with E-state index in [2.05, 4.69) is 10.6 Å². The average molecular weight is 573 g/mol. The maximum Gasteiger partial charge on any atom is 0.328 e. The van der Waals surface area contributed by atoms with Gasteiger partial charge in [-0.05, 0) is 48.1 Å². The quantitative estimate of drug-likeness (QED) is 0.245. The van der Waals surface area contributed by atoms with Gasteiger partial charge in [0.2, 0.25) is 0 Å². The van der Waals surface area contributed by atoms with Crippen molar-refractivity contribution in [2.75, 3.05) is 6.54 Å². The Balaban J connectivity index is 1.66.